The molecule has 0 unspecified atom stereocenters. The molecular weight excluding hydrogens is 1120 g/mol. The van der Waals surface area contributed by atoms with Crippen LogP contribution in [-0.2, 0) is 11.8 Å². The van der Waals surface area contributed by atoms with Gasteiger partial charge in [0.1, 0.15) is 0 Å². The molecule has 40 heteroatoms. The molecule has 0 saturated heterocycles. The van der Waals surface area contributed by atoms with E-state index in [9.17, 15) is 133 Å². The van der Waals surface area contributed by atoms with Gasteiger partial charge in [-0.25, -0.2) is 0 Å². The minimum absolute atomic E-state index is 0.316. The average Bonchev–Trinajstić information content (AvgIpc) is 3.20. The van der Waals surface area contributed by atoms with Crippen LogP contribution in [0.1, 0.15) is 52.6 Å². The molecule has 2 aromatic rings. The van der Waals surface area contributed by atoms with Crippen LogP contribution in [0.4, 0.5) is 149 Å². The summed E-state index contributed by atoms with van der Waals surface area (Å²) in [5.41, 5.74) is -19.1. The van der Waals surface area contributed by atoms with Gasteiger partial charge in [0.25, 0.3) is 23.6 Å². The quantitative estimate of drug-likeness (QED) is 0.140. The Labute approximate surface area is 368 Å². The molecule has 408 valence electrons. The highest BCUT2D eigenvalue weighted by Gasteiger charge is 2.97. The van der Waals surface area contributed by atoms with Crippen LogP contribution in [0.3, 0.4) is 0 Å². The number of alkyl halides is 34. The molecule has 0 saturated carbocycles. The van der Waals surface area contributed by atoms with E-state index in [2.05, 4.69) is 0 Å². The fourth-order valence-corrected chi connectivity index (χ4v) is 6.46. The fourth-order valence-electron chi connectivity index (χ4n) is 6.46. The Morgan fingerprint density at radius 2 is 0.458 bits per heavy atom. The largest absolute Gasteiger partial charge is 0.460 e. The Morgan fingerprint density at radius 3 is 0.653 bits per heavy atom. The van der Waals surface area contributed by atoms with Crippen LogP contribution in [0.15, 0.2) is 12.1 Å². The Bertz CT molecular complexity index is 2480. The first-order valence-corrected chi connectivity index (χ1v) is 16.9. The summed E-state index contributed by atoms with van der Waals surface area (Å²) in [5.74, 6) is -137. The Balaban J connectivity index is 2.19. The molecular formula is C32H8F34N2O4. The molecule has 2 heterocycles. The number of hydrogen-bond acceptors (Lipinski definition) is 4. The number of carbonyl (C=O) groups is 4. The van der Waals surface area contributed by atoms with Crippen molar-refractivity contribution in [2.45, 2.75) is 95.3 Å². The average molecular weight is 1130 g/mol. The van der Waals surface area contributed by atoms with E-state index in [-0.39, 0.29) is 14.1 Å². The highest BCUT2D eigenvalue weighted by Crippen LogP contribution is 2.68. The van der Waals surface area contributed by atoms with Crippen molar-refractivity contribution in [3.63, 3.8) is 0 Å². The number of rotatable bonds is 14. The molecule has 2 aliphatic heterocycles. The zero-order chi connectivity index (χ0) is 57.5. The Hall–Kier alpha value is -5.40. The SMILES string of the molecule is CN1C(=O)c2cc(C(F)(F)C(F)(F)C(F)(F)C(F)(F)C(F)(F)C(F)(F)C(F)(F)C(F)(F)F)c3c4c(cc(C(F)(F)C(F)(F)C(F)(F)C(F)(F)C(F)(F)C(F)(F)C(F)(F)C(F)(F)F)c(c24)C1=O)C(=O)N(C)C3=O. The van der Waals surface area contributed by atoms with Gasteiger partial charge >= 0.3 is 95.3 Å². The maximum Gasteiger partial charge on any atom is 0.460 e. The van der Waals surface area contributed by atoms with Crippen molar-refractivity contribution in [2.75, 3.05) is 14.1 Å². The van der Waals surface area contributed by atoms with E-state index >= 15 is 35.1 Å². The van der Waals surface area contributed by atoms with E-state index in [1.165, 1.54) is 0 Å². The summed E-state index contributed by atoms with van der Waals surface area (Å²) in [6, 6.07) is -3.03. The van der Waals surface area contributed by atoms with Crippen molar-refractivity contribution in [1.29, 1.82) is 0 Å². The molecule has 4 amide bonds. The predicted molar refractivity (Wildman–Crippen MR) is 156 cm³/mol. The molecule has 0 bridgehead atoms. The van der Waals surface area contributed by atoms with Crippen molar-refractivity contribution in [3.8, 4) is 0 Å². The van der Waals surface area contributed by atoms with Crippen molar-refractivity contribution >= 4 is 34.4 Å². The second-order valence-corrected chi connectivity index (χ2v) is 14.8. The van der Waals surface area contributed by atoms with E-state index in [1.807, 2.05) is 0 Å². The van der Waals surface area contributed by atoms with E-state index in [1.54, 1.807) is 0 Å². The van der Waals surface area contributed by atoms with Gasteiger partial charge in [-0.15, -0.1) is 0 Å². The van der Waals surface area contributed by atoms with Crippen LogP contribution < -0.4 is 0 Å². The standard InChI is InChI=1S/C32H8F34N2O4/c1-67-13(69)5-3-8(18(35,36)20(39,40)22(43,44)24(47,48)26(51,52)28(55,56)30(59,60)32(64,65)66)12-10-6(14(70)68(2)16(12)72)4-7(11(9(5)10)15(67)71)17(33,34)19(37,38)21(41,42)23(45,46)25(49,50)27(53,54)29(57,58)31(61,62)63/h3-4H,1-2H3. The summed E-state index contributed by atoms with van der Waals surface area (Å²) in [6.45, 7) is 0. The number of amides is 4. The van der Waals surface area contributed by atoms with Crippen molar-refractivity contribution in [1.82, 2.24) is 9.80 Å². The molecule has 2 aliphatic rings. The summed E-state index contributed by atoms with van der Waals surface area (Å²) in [4.78, 5) is 50.4. The Morgan fingerprint density at radius 1 is 0.278 bits per heavy atom. The monoisotopic (exact) mass is 1130 g/mol. The zero-order valence-corrected chi connectivity index (χ0v) is 32.5. The molecule has 0 radical (unpaired) electrons. The number of nitrogens with zero attached hydrogens (tertiary/aromatic N) is 2. The number of benzene rings is 2. The Kier molecular flexibility index (Phi) is 12.4. The lowest BCUT2D eigenvalue weighted by Gasteiger charge is -2.43. The second kappa shape index (κ2) is 15.1. The van der Waals surface area contributed by atoms with Crippen molar-refractivity contribution < 1.29 is 168 Å². The lowest BCUT2D eigenvalue weighted by Crippen LogP contribution is -2.74. The van der Waals surface area contributed by atoms with Crippen LogP contribution in [-0.4, -0.2) is 131 Å². The number of hydrogen-bond donors (Lipinski definition) is 0. The van der Waals surface area contributed by atoms with Crippen LogP contribution in [0.5, 0.6) is 0 Å². The third-order valence-electron chi connectivity index (χ3n) is 10.6. The molecule has 2 aromatic carbocycles. The third kappa shape index (κ3) is 6.49. The van der Waals surface area contributed by atoms with Gasteiger partial charge in [0, 0.05) is 47.1 Å². The molecule has 0 atom stereocenters. The van der Waals surface area contributed by atoms with Gasteiger partial charge in [-0.2, -0.15) is 149 Å². The molecule has 4 rings (SSSR count). The lowest BCUT2D eigenvalue weighted by atomic mass is 9.77. The van der Waals surface area contributed by atoms with Crippen LogP contribution in [0.2, 0.25) is 0 Å². The van der Waals surface area contributed by atoms with Gasteiger partial charge in [0.15, 0.2) is 0 Å². The summed E-state index contributed by atoms with van der Waals surface area (Å²) in [6.07, 6.45) is -16.5. The maximum absolute atomic E-state index is 16.0. The van der Waals surface area contributed by atoms with E-state index in [4.69, 9.17) is 0 Å². The second-order valence-electron chi connectivity index (χ2n) is 14.8. The molecule has 0 spiro atoms. The predicted octanol–water partition coefficient (Wildman–Crippen LogP) is 12.2. The molecule has 0 aromatic heterocycles. The summed E-state index contributed by atoms with van der Waals surface area (Å²) in [5, 5.41) is -5.26. The first-order chi connectivity index (χ1) is 31.2. The molecule has 0 fully saturated rings. The smallest absolute Gasteiger partial charge is 0.277 e. The topological polar surface area (TPSA) is 74.8 Å². The maximum atomic E-state index is 16.0. The first kappa shape index (κ1) is 59.2. The summed E-state index contributed by atoms with van der Waals surface area (Å²) in [7, 11) is -0.632. The summed E-state index contributed by atoms with van der Waals surface area (Å²) >= 11 is 0. The van der Waals surface area contributed by atoms with E-state index in [0.717, 1.165) is 0 Å². The number of halogens is 34. The molecule has 6 nitrogen and oxygen atoms in total. The van der Waals surface area contributed by atoms with E-state index < -0.39 is 185 Å². The van der Waals surface area contributed by atoms with Crippen LogP contribution >= 0.6 is 0 Å². The zero-order valence-electron chi connectivity index (χ0n) is 32.5. The normalized spacial score (nSPS) is 17.5. The van der Waals surface area contributed by atoms with Gasteiger partial charge in [-0.3, -0.25) is 29.0 Å². The highest BCUT2D eigenvalue weighted by molar-refractivity contribution is 6.34. The molecule has 72 heavy (non-hydrogen) atoms. The molecule has 0 aliphatic carbocycles. The lowest BCUT2D eigenvalue weighted by molar-refractivity contribution is -0.462. The third-order valence-corrected chi connectivity index (χ3v) is 10.6. The van der Waals surface area contributed by atoms with Gasteiger partial charge in [0.2, 0.25) is 0 Å². The van der Waals surface area contributed by atoms with Gasteiger partial charge in [-0.05, 0) is 12.1 Å². The van der Waals surface area contributed by atoms with Gasteiger partial charge in [-0.1, -0.05) is 0 Å². The van der Waals surface area contributed by atoms with Gasteiger partial charge in [0.05, 0.1) is 11.1 Å². The van der Waals surface area contributed by atoms with Crippen molar-refractivity contribution in [3.05, 3.63) is 45.5 Å². The highest BCUT2D eigenvalue weighted by atomic mass is 19.4. The summed E-state index contributed by atoms with van der Waals surface area (Å²) < 4.78 is 483. The number of carbonyl (C=O) groups excluding carboxylic acids is 4. The minimum Gasteiger partial charge on any atom is -0.277 e. The van der Waals surface area contributed by atoms with Crippen LogP contribution in [0.25, 0.3) is 10.8 Å². The van der Waals surface area contributed by atoms with Gasteiger partial charge < -0.3 is 0 Å². The first-order valence-electron chi connectivity index (χ1n) is 16.9. The number of imide groups is 2. The van der Waals surface area contributed by atoms with Crippen molar-refractivity contribution in [2.24, 2.45) is 0 Å². The minimum atomic E-state index is -9.38. The fraction of sp³-hybridized carbons (Fsp3) is 0.562. The molecule has 0 N–H and O–H groups in total. The van der Waals surface area contributed by atoms with Crippen LogP contribution in [0, 0.1) is 0 Å². The van der Waals surface area contributed by atoms with E-state index in [0.29, 0.717) is 0 Å².